The third-order valence-electron chi connectivity index (χ3n) is 4.32. The van der Waals surface area contributed by atoms with Crippen molar-refractivity contribution in [2.75, 3.05) is 0 Å². The van der Waals surface area contributed by atoms with Crippen LogP contribution in [-0.2, 0) is 6.42 Å². The van der Waals surface area contributed by atoms with Crippen LogP contribution in [0.2, 0.25) is 5.02 Å². The van der Waals surface area contributed by atoms with Gasteiger partial charge in [-0.15, -0.1) is 0 Å². The quantitative estimate of drug-likeness (QED) is 0.633. The highest BCUT2D eigenvalue weighted by Crippen LogP contribution is 2.47. The Morgan fingerprint density at radius 1 is 1.29 bits per heavy atom. The van der Waals surface area contributed by atoms with Gasteiger partial charge in [-0.3, -0.25) is 0 Å². The fourth-order valence-electron chi connectivity index (χ4n) is 3.04. The normalized spacial score (nSPS) is 20.4. The van der Waals surface area contributed by atoms with Gasteiger partial charge in [-0.2, -0.15) is 0 Å². The molecule has 0 N–H and O–H groups in total. The molecular formula is C15H20BrCl. The predicted molar refractivity (Wildman–Crippen MR) is 79.1 cm³/mol. The number of rotatable bonds is 4. The molecule has 0 radical (unpaired) electrons. The van der Waals surface area contributed by atoms with E-state index in [1.165, 1.54) is 37.7 Å². The molecule has 0 nitrogen and oxygen atoms in total. The first-order chi connectivity index (χ1) is 8.18. The van der Waals surface area contributed by atoms with E-state index in [2.05, 4.69) is 35.0 Å². The van der Waals surface area contributed by atoms with Crippen LogP contribution in [-0.4, -0.2) is 4.83 Å². The molecule has 2 heteroatoms. The van der Waals surface area contributed by atoms with Gasteiger partial charge in [-0.25, -0.2) is 0 Å². The highest BCUT2D eigenvalue weighted by atomic mass is 79.9. The first-order valence-corrected chi connectivity index (χ1v) is 7.85. The molecule has 17 heavy (non-hydrogen) atoms. The lowest BCUT2D eigenvalue weighted by molar-refractivity contribution is 0.275. The Labute approximate surface area is 118 Å². The van der Waals surface area contributed by atoms with Gasteiger partial charge in [0.1, 0.15) is 0 Å². The van der Waals surface area contributed by atoms with Gasteiger partial charge >= 0.3 is 0 Å². The minimum absolute atomic E-state index is 0.499. The SMILES string of the molecule is CCC1(C(Br)Cc2ccccc2Cl)CCCC1. The van der Waals surface area contributed by atoms with Crippen molar-refractivity contribution in [3.8, 4) is 0 Å². The lowest BCUT2D eigenvalue weighted by atomic mass is 9.78. The fourth-order valence-corrected chi connectivity index (χ4v) is 4.38. The summed E-state index contributed by atoms with van der Waals surface area (Å²) in [6.45, 7) is 2.33. The second-order valence-electron chi connectivity index (χ2n) is 5.19. The molecule has 1 saturated carbocycles. The Hall–Kier alpha value is -0.0100. The first kappa shape index (κ1) is 13.4. The van der Waals surface area contributed by atoms with Crippen LogP contribution in [0.5, 0.6) is 0 Å². The van der Waals surface area contributed by atoms with Crippen LogP contribution in [0.3, 0.4) is 0 Å². The topological polar surface area (TPSA) is 0 Å². The Morgan fingerprint density at radius 2 is 1.94 bits per heavy atom. The van der Waals surface area contributed by atoms with Crippen molar-refractivity contribution in [3.05, 3.63) is 34.9 Å². The molecule has 94 valence electrons. The summed E-state index contributed by atoms with van der Waals surface area (Å²) >= 11 is 10.2. The van der Waals surface area contributed by atoms with E-state index in [1.54, 1.807) is 0 Å². The molecule has 0 aromatic heterocycles. The maximum absolute atomic E-state index is 6.24. The third kappa shape index (κ3) is 2.88. The Balaban J connectivity index is 2.10. The van der Waals surface area contributed by atoms with Gasteiger partial charge in [0.05, 0.1) is 0 Å². The van der Waals surface area contributed by atoms with E-state index in [9.17, 15) is 0 Å². The summed E-state index contributed by atoms with van der Waals surface area (Å²) in [5.74, 6) is 0. The van der Waals surface area contributed by atoms with Crippen LogP contribution < -0.4 is 0 Å². The zero-order valence-corrected chi connectivity index (χ0v) is 12.7. The largest absolute Gasteiger partial charge is 0.0881 e. The first-order valence-electron chi connectivity index (χ1n) is 6.55. The van der Waals surface area contributed by atoms with Gasteiger partial charge < -0.3 is 0 Å². The summed E-state index contributed by atoms with van der Waals surface area (Å²) in [6, 6.07) is 8.22. The molecule has 1 aromatic carbocycles. The molecule has 0 amide bonds. The molecule has 1 aromatic rings. The van der Waals surface area contributed by atoms with E-state index in [0.29, 0.717) is 10.2 Å². The van der Waals surface area contributed by atoms with E-state index >= 15 is 0 Å². The maximum Gasteiger partial charge on any atom is 0.0438 e. The van der Waals surface area contributed by atoms with Gasteiger partial charge in [0.25, 0.3) is 0 Å². The van der Waals surface area contributed by atoms with Gasteiger partial charge in [-0.1, -0.05) is 65.5 Å². The number of hydrogen-bond acceptors (Lipinski definition) is 0. The molecule has 2 rings (SSSR count). The monoisotopic (exact) mass is 314 g/mol. The number of benzene rings is 1. The lowest BCUT2D eigenvalue weighted by Crippen LogP contribution is -2.29. The van der Waals surface area contributed by atoms with Gasteiger partial charge in [0, 0.05) is 9.85 Å². The van der Waals surface area contributed by atoms with Crippen LogP contribution >= 0.6 is 27.5 Å². The van der Waals surface area contributed by atoms with Gasteiger partial charge in [-0.05, 0) is 42.7 Å². The van der Waals surface area contributed by atoms with E-state index in [0.717, 1.165) is 11.4 Å². The minimum atomic E-state index is 0.499. The van der Waals surface area contributed by atoms with Gasteiger partial charge in [0.2, 0.25) is 0 Å². The molecule has 0 aliphatic heterocycles. The standard InChI is InChI=1S/C15H20BrCl/c1-2-15(9-5-6-10-15)14(16)11-12-7-3-4-8-13(12)17/h3-4,7-8,14H,2,5-6,9-11H2,1H3. The van der Waals surface area contributed by atoms with Crippen molar-refractivity contribution >= 4 is 27.5 Å². The average Bonchev–Trinajstić information content (AvgIpc) is 2.82. The van der Waals surface area contributed by atoms with Crippen LogP contribution in [0, 0.1) is 5.41 Å². The smallest absolute Gasteiger partial charge is 0.0438 e. The maximum atomic E-state index is 6.24. The van der Waals surface area contributed by atoms with E-state index < -0.39 is 0 Å². The van der Waals surface area contributed by atoms with Crippen molar-refractivity contribution in [1.29, 1.82) is 0 Å². The highest BCUT2D eigenvalue weighted by molar-refractivity contribution is 9.09. The van der Waals surface area contributed by atoms with E-state index in [-0.39, 0.29) is 0 Å². The second-order valence-corrected chi connectivity index (χ2v) is 6.70. The molecule has 1 atom stereocenters. The van der Waals surface area contributed by atoms with Crippen molar-refractivity contribution in [2.24, 2.45) is 5.41 Å². The van der Waals surface area contributed by atoms with Crippen LogP contribution in [0.4, 0.5) is 0 Å². The van der Waals surface area contributed by atoms with Crippen molar-refractivity contribution in [2.45, 2.75) is 50.3 Å². The summed E-state index contributed by atoms with van der Waals surface area (Å²) in [7, 11) is 0. The molecule has 1 aliphatic rings. The Bertz CT molecular complexity index is 369. The lowest BCUT2D eigenvalue weighted by Gasteiger charge is -2.33. The Kier molecular flexibility index (Phi) is 4.54. The summed E-state index contributed by atoms with van der Waals surface area (Å²) in [6.07, 6.45) is 7.82. The highest BCUT2D eigenvalue weighted by Gasteiger charge is 2.38. The number of hydrogen-bond donors (Lipinski definition) is 0. The molecule has 0 spiro atoms. The predicted octanol–water partition coefficient (Wildman–Crippen LogP) is 5.62. The van der Waals surface area contributed by atoms with Crippen LogP contribution in [0.1, 0.15) is 44.6 Å². The van der Waals surface area contributed by atoms with E-state index in [1.807, 2.05) is 12.1 Å². The van der Waals surface area contributed by atoms with Crippen molar-refractivity contribution in [1.82, 2.24) is 0 Å². The van der Waals surface area contributed by atoms with E-state index in [4.69, 9.17) is 11.6 Å². The van der Waals surface area contributed by atoms with Gasteiger partial charge in [0.15, 0.2) is 0 Å². The molecule has 1 fully saturated rings. The third-order valence-corrected chi connectivity index (χ3v) is 5.99. The summed E-state index contributed by atoms with van der Waals surface area (Å²) < 4.78 is 0. The Morgan fingerprint density at radius 3 is 2.53 bits per heavy atom. The average molecular weight is 316 g/mol. The van der Waals surface area contributed by atoms with Crippen molar-refractivity contribution in [3.63, 3.8) is 0 Å². The molecule has 1 unspecified atom stereocenters. The number of halogens is 2. The molecule has 0 heterocycles. The zero-order chi connectivity index (χ0) is 12.3. The number of alkyl halides is 1. The minimum Gasteiger partial charge on any atom is -0.0881 e. The molecule has 0 saturated heterocycles. The van der Waals surface area contributed by atoms with Crippen molar-refractivity contribution < 1.29 is 0 Å². The summed E-state index contributed by atoms with van der Waals surface area (Å²) in [5, 5.41) is 0.904. The summed E-state index contributed by atoms with van der Waals surface area (Å²) in [5.41, 5.74) is 1.77. The van der Waals surface area contributed by atoms with Crippen LogP contribution in [0.15, 0.2) is 24.3 Å². The zero-order valence-electron chi connectivity index (χ0n) is 10.4. The summed E-state index contributed by atoms with van der Waals surface area (Å²) in [4.78, 5) is 0.558. The molecule has 0 bridgehead atoms. The second kappa shape index (κ2) is 5.75. The van der Waals surface area contributed by atoms with Crippen LogP contribution in [0.25, 0.3) is 0 Å². The molecular weight excluding hydrogens is 296 g/mol. The molecule has 1 aliphatic carbocycles. The fraction of sp³-hybridized carbons (Fsp3) is 0.600.